The number of hydrazone groups is 1. The first-order valence-corrected chi connectivity index (χ1v) is 7.20. The highest BCUT2D eigenvalue weighted by Gasteiger charge is 2.15. The number of hydrogen-bond donors (Lipinski definition) is 1. The summed E-state index contributed by atoms with van der Waals surface area (Å²) in [6.45, 7) is 0.686. The van der Waals surface area contributed by atoms with Crippen LogP contribution in [0.4, 0.5) is 14.7 Å². The molecule has 1 heterocycles. The molecule has 1 N–H and O–H groups in total. The van der Waals surface area contributed by atoms with E-state index in [1.807, 2.05) is 19.9 Å². The number of benzene rings is 1. The molecule has 0 unspecified atom stereocenters. The van der Waals surface area contributed by atoms with Gasteiger partial charge >= 0.3 is 6.61 Å². The average molecular weight is 357 g/mol. The molecule has 0 saturated carbocycles. The summed E-state index contributed by atoms with van der Waals surface area (Å²) in [7, 11) is 1.33. The van der Waals surface area contributed by atoms with E-state index in [1.165, 1.54) is 25.5 Å². The second kappa shape index (κ2) is 7.87. The monoisotopic (exact) mass is 356 g/mol. The number of aryl methyl sites for hydroxylation is 2. The minimum atomic E-state index is -3.00. The molecule has 0 fully saturated rings. The normalized spacial score (nSPS) is 11.1. The Bertz CT molecular complexity index is 736. The highest BCUT2D eigenvalue weighted by atomic mass is 35.5. The van der Waals surface area contributed by atoms with Gasteiger partial charge in [0.15, 0.2) is 11.5 Å². The SMILES string of the molecule is COc1cc(/C=N\Nc2nc(C)cc(C)n2)cc(Cl)c1OC(F)F. The summed E-state index contributed by atoms with van der Waals surface area (Å²) < 4.78 is 34.1. The molecule has 0 atom stereocenters. The number of rotatable bonds is 6. The summed E-state index contributed by atoms with van der Waals surface area (Å²) in [5.74, 6) is 0.197. The topological polar surface area (TPSA) is 68.6 Å². The third kappa shape index (κ3) is 4.76. The van der Waals surface area contributed by atoms with Gasteiger partial charge in [0.2, 0.25) is 5.95 Å². The number of nitrogens with zero attached hydrogens (tertiary/aromatic N) is 3. The number of ether oxygens (including phenoxy) is 2. The molecular weight excluding hydrogens is 342 g/mol. The van der Waals surface area contributed by atoms with Crippen molar-refractivity contribution in [2.75, 3.05) is 12.5 Å². The van der Waals surface area contributed by atoms with Gasteiger partial charge < -0.3 is 9.47 Å². The zero-order chi connectivity index (χ0) is 17.7. The van der Waals surface area contributed by atoms with E-state index in [0.29, 0.717) is 11.5 Å². The highest BCUT2D eigenvalue weighted by molar-refractivity contribution is 6.32. The largest absolute Gasteiger partial charge is 0.493 e. The van der Waals surface area contributed by atoms with Gasteiger partial charge in [-0.3, -0.25) is 0 Å². The Balaban J connectivity index is 2.18. The Hall–Kier alpha value is -2.48. The first kappa shape index (κ1) is 17.9. The Labute approximate surface area is 142 Å². The number of nitrogens with one attached hydrogen (secondary N) is 1. The van der Waals surface area contributed by atoms with Crippen molar-refractivity contribution in [3.05, 3.63) is 40.2 Å². The predicted molar refractivity (Wildman–Crippen MR) is 87.4 cm³/mol. The van der Waals surface area contributed by atoms with E-state index < -0.39 is 6.61 Å². The third-order valence-corrected chi connectivity index (χ3v) is 3.10. The number of hydrogen-bond acceptors (Lipinski definition) is 6. The summed E-state index contributed by atoms with van der Waals surface area (Å²) in [4.78, 5) is 8.35. The molecular formula is C15H15ClF2N4O2. The zero-order valence-electron chi connectivity index (χ0n) is 13.2. The van der Waals surface area contributed by atoms with E-state index in [2.05, 4.69) is 25.2 Å². The minimum Gasteiger partial charge on any atom is -0.493 e. The second-order valence-electron chi connectivity index (χ2n) is 4.76. The first-order chi connectivity index (χ1) is 11.4. The number of halogens is 3. The minimum absolute atomic E-state index is 0.0150. The zero-order valence-corrected chi connectivity index (χ0v) is 13.9. The Morgan fingerprint density at radius 3 is 2.46 bits per heavy atom. The molecule has 1 aromatic heterocycles. The van der Waals surface area contributed by atoms with E-state index in [-0.39, 0.29) is 16.5 Å². The van der Waals surface area contributed by atoms with Gasteiger partial charge in [-0.1, -0.05) is 11.6 Å². The predicted octanol–water partition coefficient (Wildman–Crippen LogP) is 3.80. The summed E-state index contributed by atoms with van der Waals surface area (Å²) in [5, 5.41) is 3.98. The van der Waals surface area contributed by atoms with Crippen LogP contribution in [0.25, 0.3) is 0 Å². The van der Waals surface area contributed by atoms with E-state index in [1.54, 1.807) is 0 Å². The smallest absolute Gasteiger partial charge is 0.387 e. The number of anilines is 1. The van der Waals surface area contributed by atoms with Crippen molar-refractivity contribution in [3.8, 4) is 11.5 Å². The molecule has 24 heavy (non-hydrogen) atoms. The van der Waals surface area contributed by atoms with Gasteiger partial charge in [0.05, 0.1) is 18.3 Å². The van der Waals surface area contributed by atoms with Gasteiger partial charge in [0, 0.05) is 11.4 Å². The van der Waals surface area contributed by atoms with Crippen LogP contribution in [0.1, 0.15) is 17.0 Å². The van der Waals surface area contributed by atoms with Crippen molar-refractivity contribution < 1.29 is 18.3 Å². The summed E-state index contributed by atoms with van der Waals surface area (Å²) in [6, 6.07) is 4.73. The van der Waals surface area contributed by atoms with E-state index in [4.69, 9.17) is 16.3 Å². The van der Waals surface area contributed by atoms with Crippen LogP contribution in [0, 0.1) is 13.8 Å². The van der Waals surface area contributed by atoms with Crippen LogP contribution in [0.5, 0.6) is 11.5 Å². The maximum absolute atomic E-state index is 12.4. The molecule has 128 valence electrons. The molecule has 0 aliphatic carbocycles. The Morgan fingerprint density at radius 2 is 1.88 bits per heavy atom. The lowest BCUT2D eigenvalue weighted by Gasteiger charge is -2.12. The van der Waals surface area contributed by atoms with Gasteiger partial charge in [-0.25, -0.2) is 15.4 Å². The molecule has 0 saturated heterocycles. The fourth-order valence-corrected chi connectivity index (χ4v) is 2.22. The van der Waals surface area contributed by atoms with E-state index in [9.17, 15) is 8.78 Å². The van der Waals surface area contributed by atoms with Gasteiger partial charge in [-0.2, -0.15) is 13.9 Å². The molecule has 1 aromatic carbocycles. The summed E-state index contributed by atoms with van der Waals surface area (Å²) in [6.07, 6.45) is 1.43. The molecule has 0 bridgehead atoms. The summed E-state index contributed by atoms with van der Waals surface area (Å²) in [5.41, 5.74) is 4.82. The fourth-order valence-electron chi connectivity index (χ4n) is 1.96. The lowest BCUT2D eigenvalue weighted by Crippen LogP contribution is -2.05. The molecule has 9 heteroatoms. The van der Waals surface area contributed by atoms with Crippen molar-refractivity contribution >= 4 is 23.8 Å². The van der Waals surface area contributed by atoms with Crippen LogP contribution in [-0.4, -0.2) is 29.9 Å². The molecule has 0 aliphatic rings. The van der Waals surface area contributed by atoms with Crippen molar-refractivity contribution in [1.82, 2.24) is 9.97 Å². The maximum Gasteiger partial charge on any atom is 0.387 e. The fraction of sp³-hybridized carbons (Fsp3) is 0.267. The van der Waals surface area contributed by atoms with Crippen LogP contribution < -0.4 is 14.9 Å². The standard InChI is InChI=1S/C15H15ClF2N4O2/c1-8-4-9(2)21-15(20-8)22-19-7-10-5-11(16)13(24-14(17)18)12(6-10)23-3/h4-7,14H,1-3H3,(H,20,21,22)/b19-7-. The van der Waals surface area contributed by atoms with E-state index >= 15 is 0 Å². The second-order valence-corrected chi connectivity index (χ2v) is 5.16. The quantitative estimate of drug-likeness (QED) is 0.629. The average Bonchev–Trinajstić information content (AvgIpc) is 2.48. The molecule has 0 spiro atoms. The third-order valence-electron chi connectivity index (χ3n) is 2.82. The van der Waals surface area contributed by atoms with Crippen LogP contribution >= 0.6 is 11.6 Å². The highest BCUT2D eigenvalue weighted by Crippen LogP contribution is 2.37. The van der Waals surface area contributed by atoms with Gasteiger partial charge in [-0.05, 0) is 37.6 Å². The first-order valence-electron chi connectivity index (χ1n) is 6.82. The van der Waals surface area contributed by atoms with Crippen LogP contribution in [0.15, 0.2) is 23.3 Å². The number of aromatic nitrogens is 2. The van der Waals surface area contributed by atoms with Crippen molar-refractivity contribution in [2.24, 2.45) is 5.10 Å². The molecule has 6 nitrogen and oxygen atoms in total. The van der Waals surface area contributed by atoms with Gasteiger partial charge in [0.25, 0.3) is 0 Å². The van der Waals surface area contributed by atoms with Crippen LogP contribution in [0.3, 0.4) is 0 Å². The van der Waals surface area contributed by atoms with E-state index in [0.717, 1.165) is 11.4 Å². The molecule has 0 radical (unpaired) electrons. The molecule has 0 amide bonds. The van der Waals surface area contributed by atoms with Gasteiger partial charge in [-0.15, -0.1) is 0 Å². The summed E-state index contributed by atoms with van der Waals surface area (Å²) >= 11 is 5.95. The molecule has 2 rings (SSSR count). The lowest BCUT2D eigenvalue weighted by molar-refractivity contribution is -0.0511. The van der Waals surface area contributed by atoms with Gasteiger partial charge in [0.1, 0.15) is 0 Å². The van der Waals surface area contributed by atoms with Crippen molar-refractivity contribution in [1.29, 1.82) is 0 Å². The number of methoxy groups -OCH3 is 1. The number of alkyl halides is 2. The lowest BCUT2D eigenvalue weighted by atomic mass is 10.2. The van der Waals surface area contributed by atoms with Crippen molar-refractivity contribution in [3.63, 3.8) is 0 Å². The van der Waals surface area contributed by atoms with Crippen LogP contribution in [0.2, 0.25) is 5.02 Å². The molecule has 0 aliphatic heterocycles. The Morgan fingerprint density at radius 1 is 1.21 bits per heavy atom. The molecule has 2 aromatic rings. The Kier molecular flexibility index (Phi) is 5.86. The maximum atomic E-state index is 12.4. The van der Waals surface area contributed by atoms with Crippen LogP contribution in [-0.2, 0) is 0 Å². The van der Waals surface area contributed by atoms with Crippen molar-refractivity contribution in [2.45, 2.75) is 20.5 Å².